The van der Waals surface area contributed by atoms with E-state index >= 15 is 0 Å². The number of rotatable bonds is 8. The molecule has 2 heterocycles. The number of carbonyl (C=O) groups excluding carboxylic acids is 4. The molecule has 0 spiro atoms. The van der Waals surface area contributed by atoms with Gasteiger partial charge in [-0.15, -0.1) is 0 Å². The maximum absolute atomic E-state index is 13.0. The number of carbonyl (C=O) groups is 5. The lowest BCUT2D eigenvalue weighted by Gasteiger charge is -2.30. The Hall–Kier alpha value is -4.65. The van der Waals surface area contributed by atoms with E-state index in [1.807, 2.05) is 0 Å². The zero-order valence-corrected chi connectivity index (χ0v) is 17.9. The summed E-state index contributed by atoms with van der Waals surface area (Å²) in [6.07, 6.45) is -1.05. The summed E-state index contributed by atoms with van der Waals surface area (Å²) in [5.41, 5.74) is 0.374. The van der Waals surface area contributed by atoms with Crippen molar-refractivity contribution < 1.29 is 38.7 Å². The van der Waals surface area contributed by atoms with E-state index in [2.05, 4.69) is 5.32 Å². The van der Waals surface area contributed by atoms with Crippen molar-refractivity contribution in [2.45, 2.75) is 12.3 Å². The molecule has 0 bridgehead atoms. The Morgan fingerprint density at radius 3 is 2.23 bits per heavy atom. The maximum atomic E-state index is 13.0. The van der Waals surface area contributed by atoms with Crippen LogP contribution in [0.4, 0.5) is 5.69 Å². The molecule has 2 aliphatic rings. The van der Waals surface area contributed by atoms with Crippen LogP contribution in [-0.4, -0.2) is 75.2 Å². The van der Waals surface area contributed by atoms with Crippen LogP contribution in [-0.2, 0) is 19.1 Å². The molecule has 0 aromatic heterocycles. The Bertz CT molecular complexity index is 1210. The molecule has 2 aromatic rings. The first-order valence-electron chi connectivity index (χ1n) is 10.3. The number of cyclic esters (lactones) is 1. The molecule has 2 aliphatic heterocycles. The van der Waals surface area contributed by atoms with Gasteiger partial charge < -0.3 is 15.2 Å². The zero-order chi connectivity index (χ0) is 25.3. The molecule has 2 unspecified atom stereocenters. The van der Waals surface area contributed by atoms with Gasteiger partial charge in [-0.3, -0.25) is 43.9 Å². The number of carboxylic acids is 1. The van der Waals surface area contributed by atoms with Gasteiger partial charge in [0, 0.05) is 24.2 Å². The lowest BCUT2D eigenvalue weighted by molar-refractivity contribution is -0.384. The predicted molar refractivity (Wildman–Crippen MR) is 115 cm³/mol. The molecule has 4 rings (SSSR count). The highest BCUT2D eigenvalue weighted by Crippen LogP contribution is 2.31. The van der Waals surface area contributed by atoms with E-state index in [9.17, 15) is 34.1 Å². The number of benzene rings is 2. The number of carboxylic acid groups (broad SMARTS) is 1. The molecule has 1 saturated heterocycles. The standard InChI is InChI=1S/C22H18N4O9/c27-17(28)9-23-19(30)16(25-20(31)14-3-1-2-4-15(14)21(25)32)10-24-11-18(29)35-22(24)12-5-7-13(8-6-12)26(33)34/h1-8,16,22H,9-11H2,(H,23,30)(H,27,28). The van der Waals surface area contributed by atoms with Crippen molar-refractivity contribution in [2.24, 2.45) is 0 Å². The monoisotopic (exact) mass is 482 g/mol. The molecule has 1 fully saturated rings. The average molecular weight is 482 g/mol. The molecular formula is C22H18N4O9. The molecule has 2 atom stereocenters. The number of imide groups is 1. The number of nitrogens with one attached hydrogen (secondary N) is 1. The minimum Gasteiger partial charge on any atom is -0.480 e. The first kappa shape index (κ1) is 23.5. The number of aliphatic carboxylic acids is 1. The second kappa shape index (κ2) is 9.30. The summed E-state index contributed by atoms with van der Waals surface area (Å²) < 4.78 is 5.32. The van der Waals surface area contributed by atoms with Crippen LogP contribution in [0.25, 0.3) is 0 Å². The van der Waals surface area contributed by atoms with E-state index in [-0.39, 0.29) is 29.9 Å². The highest BCUT2D eigenvalue weighted by Gasteiger charge is 2.45. The summed E-state index contributed by atoms with van der Waals surface area (Å²) in [5, 5.41) is 22.1. The van der Waals surface area contributed by atoms with E-state index in [4.69, 9.17) is 9.84 Å². The Morgan fingerprint density at radius 1 is 1.09 bits per heavy atom. The number of fused-ring (bicyclic) bond motifs is 1. The topological polar surface area (TPSA) is 176 Å². The number of nitrogens with zero attached hydrogens (tertiary/aromatic N) is 3. The van der Waals surface area contributed by atoms with Gasteiger partial charge in [0.25, 0.3) is 17.5 Å². The lowest BCUT2D eigenvalue weighted by atomic mass is 10.1. The largest absolute Gasteiger partial charge is 0.480 e. The van der Waals surface area contributed by atoms with Crippen LogP contribution in [0, 0.1) is 10.1 Å². The Balaban J connectivity index is 1.64. The van der Waals surface area contributed by atoms with Crippen molar-refractivity contribution in [2.75, 3.05) is 19.6 Å². The SMILES string of the molecule is O=C(O)CNC(=O)C(CN1CC(=O)OC1c1ccc([N+](=O)[O-])cc1)N1C(=O)c2ccccc2C1=O. The van der Waals surface area contributed by atoms with Gasteiger partial charge in [0.05, 0.1) is 16.1 Å². The number of ether oxygens (including phenoxy) is 1. The van der Waals surface area contributed by atoms with Crippen LogP contribution in [0.5, 0.6) is 0 Å². The average Bonchev–Trinajstić information content (AvgIpc) is 3.32. The fraction of sp³-hybridized carbons (Fsp3) is 0.227. The number of hydrogen-bond donors (Lipinski definition) is 2. The van der Waals surface area contributed by atoms with E-state index in [0.29, 0.717) is 5.56 Å². The summed E-state index contributed by atoms with van der Waals surface area (Å²) in [5.74, 6) is -4.37. The summed E-state index contributed by atoms with van der Waals surface area (Å²) in [7, 11) is 0. The Kier molecular flexibility index (Phi) is 6.25. The van der Waals surface area contributed by atoms with Gasteiger partial charge in [0.1, 0.15) is 19.1 Å². The van der Waals surface area contributed by atoms with E-state index in [1.54, 1.807) is 12.1 Å². The molecule has 13 heteroatoms. The van der Waals surface area contributed by atoms with Gasteiger partial charge in [-0.05, 0) is 24.3 Å². The Labute approximate surface area is 197 Å². The van der Waals surface area contributed by atoms with Crippen molar-refractivity contribution in [1.29, 1.82) is 0 Å². The fourth-order valence-corrected chi connectivity index (χ4v) is 3.96. The molecule has 2 aromatic carbocycles. The number of nitro benzene ring substituents is 1. The molecule has 35 heavy (non-hydrogen) atoms. The number of non-ortho nitro benzene ring substituents is 1. The molecule has 0 saturated carbocycles. The van der Waals surface area contributed by atoms with Crippen molar-refractivity contribution in [3.8, 4) is 0 Å². The number of esters is 1. The molecule has 2 N–H and O–H groups in total. The number of nitro groups is 1. The molecular weight excluding hydrogens is 464 g/mol. The summed E-state index contributed by atoms with van der Waals surface area (Å²) >= 11 is 0. The zero-order valence-electron chi connectivity index (χ0n) is 17.9. The van der Waals surface area contributed by atoms with E-state index in [1.165, 1.54) is 41.3 Å². The van der Waals surface area contributed by atoms with Crippen LogP contribution < -0.4 is 5.32 Å². The van der Waals surface area contributed by atoms with Gasteiger partial charge in [-0.2, -0.15) is 0 Å². The molecule has 13 nitrogen and oxygen atoms in total. The van der Waals surface area contributed by atoms with E-state index < -0.39 is 53.4 Å². The van der Waals surface area contributed by atoms with Gasteiger partial charge in [-0.25, -0.2) is 0 Å². The molecule has 0 aliphatic carbocycles. The highest BCUT2D eigenvalue weighted by molar-refractivity contribution is 6.22. The molecule has 0 radical (unpaired) electrons. The van der Waals surface area contributed by atoms with Crippen molar-refractivity contribution >= 4 is 35.3 Å². The first-order chi connectivity index (χ1) is 16.7. The van der Waals surface area contributed by atoms with Crippen LogP contribution in [0.3, 0.4) is 0 Å². The van der Waals surface area contributed by atoms with Crippen molar-refractivity contribution in [3.63, 3.8) is 0 Å². The normalized spacial score (nSPS) is 18.2. The summed E-state index contributed by atoms with van der Waals surface area (Å²) in [4.78, 5) is 74.5. The summed E-state index contributed by atoms with van der Waals surface area (Å²) in [6, 6.07) is 9.72. The fourth-order valence-electron chi connectivity index (χ4n) is 3.96. The minimum atomic E-state index is -1.49. The predicted octanol–water partition coefficient (Wildman–Crippen LogP) is 0.318. The van der Waals surface area contributed by atoms with Gasteiger partial charge in [-0.1, -0.05) is 12.1 Å². The van der Waals surface area contributed by atoms with Crippen molar-refractivity contribution in [1.82, 2.24) is 15.1 Å². The minimum absolute atomic E-state index is 0.0919. The third kappa shape index (κ3) is 4.56. The molecule has 3 amide bonds. The second-order valence-corrected chi connectivity index (χ2v) is 7.77. The number of amides is 3. The second-order valence-electron chi connectivity index (χ2n) is 7.77. The van der Waals surface area contributed by atoms with Crippen LogP contribution in [0.2, 0.25) is 0 Å². The Morgan fingerprint density at radius 2 is 1.69 bits per heavy atom. The number of hydrogen-bond acceptors (Lipinski definition) is 9. The van der Waals surface area contributed by atoms with Gasteiger partial charge in [0.15, 0.2) is 6.23 Å². The van der Waals surface area contributed by atoms with Crippen molar-refractivity contribution in [3.05, 3.63) is 75.3 Å². The third-order valence-electron chi connectivity index (χ3n) is 5.56. The highest BCUT2D eigenvalue weighted by atomic mass is 16.6. The maximum Gasteiger partial charge on any atom is 0.322 e. The van der Waals surface area contributed by atoms with Gasteiger partial charge in [0.2, 0.25) is 5.91 Å². The van der Waals surface area contributed by atoms with Crippen LogP contribution in [0.1, 0.15) is 32.5 Å². The lowest BCUT2D eigenvalue weighted by Crippen LogP contribution is -2.55. The van der Waals surface area contributed by atoms with Crippen LogP contribution >= 0.6 is 0 Å². The van der Waals surface area contributed by atoms with Gasteiger partial charge >= 0.3 is 11.9 Å². The smallest absolute Gasteiger partial charge is 0.322 e. The third-order valence-corrected chi connectivity index (χ3v) is 5.56. The van der Waals surface area contributed by atoms with Crippen LogP contribution in [0.15, 0.2) is 48.5 Å². The quantitative estimate of drug-likeness (QED) is 0.230. The van der Waals surface area contributed by atoms with E-state index in [0.717, 1.165) is 4.90 Å². The first-order valence-corrected chi connectivity index (χ1v) is 10.3. The summed E-state index contributed by atoms with van der Waals surface area (Å²) in [6.45, 7) is -1.41. The molecule has 180 valence electrons.